The molecule has 0 aliphatic rings. The van der Waals surface area contributed by atoms with Crippen LogP contribution in [0.25, 0.3) is 0 Å². The maximum absolute atomic E-state index is 5.99. The molecule has 0 aliphatic heterocycles. The highest BCUT2D eigenvalue weighted by Crippen LogP contribution is 2.18. The van der Waals surface area contributed by atoms with E-state index in [4.69, 9.17) is 5.73 Å². The molecule has 1 aromatic heterocycles. The number of nitrogens with two attached hydrogens (primary N) is 1. The van der Waals surface area contributed by atoms with Crippen molar-refractivity contribution in [3.05, 3.63) is 47.3 Å². The number of hydrogen-bond donors (Lipinski definition) is 2. The molecule has 1 aromatic carbocycles. The zero-order chi connectivity index (χ0) is 16.1. The number of aliphatic imine (C=N–C) groups is 1. The summed E-state index contributed by atoms with van der Waals surface area (Å²) in [7, 11) is 1.92. The lowest BCUT2D eigenvalue weighted by Crippen LogP contribution is -2.22. The van der Waals surface area contributed by atoms with Gasteiger partial charge < -0.3 is 11.1 Å². The van der Waals surface area contributed by atoms with Crippen LogP contribution in [0.15, 0.2) is 35.5 Å². The molecule has 3 N–H and O–H groups in total. The van der Waals surface area contributed by atoms with Gasteiger partial charge in [-0.25, -0.2) is 4.99 Å². The fourth-order valence-corrected chi connectivity index (χ4v) is 2.35. The largest absolute Gasteiger partial charge is 0.370 e. The van der Waals surface area contributed by atoms with Crippen LogP contribution in [0.3, 0.4) is 0 Å². The van der Waals surface area contributed by atoms with Crippen molar-refractivity contribution in [3.8, 4) is 0 Å². The second-order valence-corrected chi connectivity index (χ2v) is 5.73. The van der Waals surface area contributed by atoms with E-state index < -0.39 is 0 Å². The fourth-order valence-electron chi connectivity index (χ4n) is 2.35. The van der Waals surface area contributed by atoms with Gasteiger partial charge >= 0.3 is 0 Å². The molecule has 0 bridgehead atoms. The summed E-state index contributed by atoms with van der Waals surface area (Å²) in [6.45, 7) is 6.98. The molecule has 0 aliphatic carbocycles. The lowest BCUT2D eigenvalue weighted by Gasteiger charge is -2.10. The van der Waals surface area contributed by atoms with Crippen molar-refractivity contribution in [2.24, 2.45) is 17.8 Å². The smallest absolute Gasteiger partial charge is 0.193 e. The van der Waals surface area contributed by atoms with Gasteiger partial charge in [-0.2, -0.15) is 5.10 Å². The molecule has 0 atom stereocenters. The van der Waals surface area contributed by atoms with E-state index in [1.165, 1.54) is 5.56 Å². The topological polar surface area (TPSA) is 68.2 Å². The first kappa shape index (κ1) is 16.1. The molecular weight excluding hydrogens is 274 g/mol. The van der Waals surface area contributed by atoms with Crippen molar-refractivity contribution in [3.63, 3.8) is 0 Å². The Labute approximate surface area is 132 Å². The van der Waals surface area contributed by atoms with Crippen LogP contribution in [0.2, 0.25) is 0 Å². The number of benzene rings is 1. The third-order valence-electron chi connectivity index (χ3n) is 3.57. The molecule has 0 amide bonds. The number of aromatic nitrogens is 2. The minimum atomic E-state index is 0.423. The average Bonchev–Trinajstić information content (AvgIpc) is 2.85. The Kier molecular flexibility index (Phi) is 5.20. The summed E-state index contributed by atoms with van der Waals surface area (Å²) >= 11 is 0. The highest BCUT2D eigenvalue weighted by Gasteiger charge is 2.05. The van der Waals surface area contributed by atoms with Crippen LogP contribution in [0.1, 0.15) is 43.5 Å². The highest BCUT2D eigenvalue weighted by atomic mass is 15.3. The summed E-state index contributed by atoms with van der Waals surface area (Å²) in [5.41, 5.74) is 10.4. The molecule has 0 fully saturated rings. The number of aryl methyl sites for hydroxylation is 2. The third-order valence-corrected chi connectivity index (χ3v) is 3.57. The Balaban J connectivity index is 2.05. The monoisotopic (exact) mass is 299 g/mol. The molecule has 5 heteroatoms. The van der Waals surface area contributed by atoms with Gasteiger partial charge in [-0.05, 0) is 30.0 Å². The van der Waals surface area contributed by atoms with Gasteiger partial charge in [0.2, 0.25) is 0 Å². The Morgan fingerprint density at radius 1 is 1.41 bits per heavy atom. The quantitative estimate of drug-likeness (QED) is 0.658. The second kappa shape index (κ2) is 7.11. The summed E-state index contributed by atoms with van der Waals surface area (Å²) in [4.78, 5) is 4.42. The molecule has 0 saturated carbocycles. The van der Waals surface area contributed by atoms with Crippen molar-refractivity contribution in [1.82, 2.24) is 9.78 Å². The summed E-state index contributed by atoms with van der Waals surface area (Å²) < 4.78 is 1.82. The Morgan fingerprint density at radius 2 is 2.18 bits per heavy atom. The summed E-state index contributed by atoms with van der Waals surface area (Å²) in [6.07, 6.45) is 2.89. The first-order chi connectivity index (χ1) is 10.5. The maximum Gasteiger partial charge on any atom is 0.193 e. The zero-order valence-electron chi connectivity index (χ0n) is 13.8. The minimum Gasteiger partial charge on any atom is -0.370 e. The van der Waals surface area contributed by atoms with E-state index >= 15 is 0 Å². The SMILES string of the molecule is CCc1nn(C)cc1CN=C(N)Nc1cccc(C(C)C)c1. The van der Waals surface area contributed by atoms with E-state index in [0.717, 1.165) is 23.4 Å². The Bertz CT molecular complexity index is 655. The van der Waals surface area contributed by atoms with E-state index in [2.05, 4.69) is 48.3 Å². The van der Waals surface area contributed by atoms with Crippen LogP contribution >= 0.6 is 0 Å². The summed E-state index contributed by atoms with van der Waals surface area (Å²) in [6, 6.07) is 8.25. The molecule has 22 heavy (non-hydrogen) atoms. The minimum absolute atomic E-state index is 0.423. The number of rotatable bonds is 5. The molecule has 118 valence electrons. The van der Waals surface area contributed by atoms with Crippen molar-refractivity contribution in [2.45, 2.75) is 39.7 Å². The van der Waals surface area contributed by atoms with Crippen molar-refractivity contribution in [1.29, 1.82) is 0 Å². The zero-order valence-corrected chi connectivity index (χ0v) is 13.8. The molecule has 0 saturated heterocycles. The van der Waals surface area contributed by atoms with Gasteiger partial charge in [-0.1, -0.05) is 32.9 Å². The van der Waals surface area contributed by atoms with Gasteiger partial charge in [-0.3, -0.25) is 4.68 Å². The van der Waals surface area contributed by atoms with Crippen LogP contribution in [0, 0.1) is 0 Å². The van der Waals surface area contributed by atoms with Crippen LogP contribution in [0.4, 0.5) is 5.69 Å². The maximum atomic E-state index is 5.99. The van der Waals surface area contributed by atoms with Crippen molar-refractivity contribution in [2.75, 3.05) is 5.32 Å². The van der Waals surface area contributed by atoms with Gasteiger partial charge in [0.15, 0.2) is 5.96 Å². The van der Waals surface area contributed by atoms with Crippen LogP contribution < -0.4 is 11.1 Å². The van der Waals surface area contributed by atoms with Gasteiger partial charge in [-0.15, -0.1) is 0 Å². The van der Waals surface area contributed by atoms with Crippen molar-refractivity contribution < 1.29 is 0 Å². The molecule has 0 radical (unpaired) electrons. The molecule has 0 unspecified atom stereocenters. The second-order valence-electron chi connectivity index (χ2n) is 5.73. The Morgan fingerprint density at radius 3 is 2.86 bits per heavy atom. The van der Waals surface area contributed by atoms with E-state index in [1.807, 2.05) is 30.1 Å². The third kappa shape index (κ3) is 4.10. The lowest BCUT2D eigenvalue weighted by molar-refractivity contribution is 0.746. The van der Waals surface area contributed by atoms with Gasteiger partial charge in [0, 0.05) is 24.5 Å². The van der Waals surface area contributed by atoms with Crippen molar-refractivity contribution >= 4 is 11.6 Å². The number of guanidine groups is 1. The van der Waals surface area contributed by atoms with E-state index in [0.29, 0.717) is 18.4 Å². The standard InChI is InChI=1S/C17H25N5/c1-5-16-14(11-22(4)21-16)10-19-17(18)20-15-8-6-7-13(9-15)12(2)3/h6-9,11-12H,5,10H2,1-4H3,(H3,18,19,20). The fraction of sp³-hybridized carbons (Fsp3) is 0.412. The van der Waals surface area contributed by atoms with Crippen LogP contribution in [-0.4, -0.2) is 15.7 Å². The van der Waals surface area contributed by atoms with E-state index in [9.17, 15) is 0 Å². The molecular formula is C17H25N5. The van der Waals surface area contributed by atoms with Gasteiger partial charge in [0.05, 0.1) is 12.2 Å². The normalized spacial score (nSPS) is 12.0. The molecule has 0 spiro atoms. The predicted octanol–water partition coefficient (Wildman–Crippen LogP) is 3.03. The van der Waals surface area contributed by atoms with Crippen LogP contribution in [-0.2, 0) is 20.0 Å². The average molecular weight is 299 g/mol. The molecule has 2 rings (SSSR count). The molecule has 5 nitrogen and oxygen atoms in total. The van der Waals surface area contributed by atoms with E-state index in [-0.39, 0.29) is 0 Å². The van der Waals surface area contributed by atoms with Gasteiger partial charge in [0.25, 0.3) is 0 Å². The number of anilines is 1. The van der Waals surface area contributed by atoms with Crippen LogP contribution in [0.5, 0.6) is 0 Å². The number of hydrogen-bond acceptors (Lipinski definition) is 2. The Hall–Kier alpha value is -2.30. The highest BCUT2D eigenvalue weighted by molar-refractivity contribution is 5.92. The first-order valence-electron chi connectivity index (χ1n) is 7.68. The first-order valence-corrected chi connectivity index (χ1v) is 7.68. The van der Waals surface area contributed by atoms with E-state index in [1.54, 1.807) is 0 Å². The predicted molar refractivity (Wildman–Crippen MR) is 92.1 cm³/mol. The lowest BCUT2D eigenvalue weighted by atomic mass is 10.0. The van der Waals surface area contributed by atoms with Gasteiger partial charge in [0.1, 0.15) is 0 Å². The molecule has 1 heterocycles. The number of nitrogens with zero attached hydrogens (tertiary/aromatic N) is 3. The molecule has 2 aromatic rings. The summed E-state index contributed by atoms with van der Waals surface area (Å²) in [5, 5.41) is 7.56. The summed E-state index contributed by atoms with van der Waals surface area (Å²) in [5.74, 6) is 0.911. The number of nitrogens with one attached hydrogen (secondary N) is 1.